The quantitative estimate of drug-likeness (QED) is 0.200. The standard InChI is InChI=1S/C33H29N3O6S/c1-5-42-23-13-11-22(12-14-23)36-30(37)18-29(33(36)38)43-32-25(19-34)24(17-26(35-32)20-9-7-6-8-10-20)21-15-27(39-2)31(41-4)28(16-21)40-3/h6-17,29H,5,18H2,1-4H3/t29-/m0/s1. The molecule has 43 heavy (non-hydrogen) atoms. The van der Waals surface area contributed by atoms with Gasteiger partial charge in [0.15, 0.2) is 11.5 Å². The first kappa shape index (κ1) is 29.5. The summed E-state index contributed by atoms with van der Waals surface area (Å²) in [5.74, 6) is 1.23. The SMILES string of the molecule is CCOc1ccc(N2C(=O)C[C@H](Sc3nc(-c4ccccc4)cc(-c4cc(OC)c(OC)c(OC)c4)c3C#N)C2=O)cc1. The Labute approximate surface area is 254 Å². The second-order valence-corrected chi connectivity index (χ2v) is 10.6. The van der Waals surface area contributed by atoms with Crippen LogP contribution in [0.25, 0.3) is 22.4 Å². The van der Waals surface area contributed by atoms with Gasteiger partial charge in [0, 0.05) is 17.5 Å². The maximum Gasteiger partial charge on any atom is 0.247 e. The summed E-state index contributed by atoms with van der Waals surface area (Å²) in [5.41, 5.74) is 3.36. The Balaban J connectivity index is 1.59. The van der Waals surface area contributed by atoms with Gasteiger partial charge in [0.1, 0.15) is 16.8 Å². The molecule has 3 aromatic carbocycles. The number of thioether (sulfide) groups is 1. The summed E-state index contributed by atoms with van der Waals surface area (Å²) < 4.78 is 22.1. The molecule has 5 rings (SSSR count). The highest BCUT2D eigenvalue weighted by molar-refractivity contribution is 8.00. The van der Waals surface area contributed by atoms with Crippen molar-refractivity contribution in [2.45, 2.75) is 23.6 Å². The predicted molar refractivity (Wildman–Crippen MR) is 164 cm³/mol. The molecule has 1 aromatic heterocycles. The second kappa shape index (κ2) is 12.9. The summed E-state index contributed by atoms with van der Waals surface area (Å²) in [5, 5.41) is 9.98. The van der Waals surface area contributed by atoms with Crippen LogP contribution in [0.3, 0.4) is 0 Å². The number of hydrogen-bond donors (Lipinski definition) is 0. The van der Waals surface area contributed by atoms with Gasteiger partial charge >= 0.3 is 0 Å². The average Bonchev–Trinajstić information content (AvgIpc) is 3.32. The molecular formula is C33H29N3O6S. The Hall–Kier alpha value is -5.01. The molecule has 2 amide bonds. The van der Waals surface area contributed by atoms with Crippen LogP contribution in [0.2, 0.25) is 0 Å². The van der Waals surface area contributed by atoms with E-state index in [4.69, 9.17) is 23.9 Å². The summed E-state index contributed by atoms with van der Waals surface area (Å²) in [6.45, 7) is 2.39. The van der Waals surface area contributed by atoms with Gasteiger partial charge in [-0.05, 0) is 55.0 Å². The zero-order valence-corrected chi connectivity index (χ0v) is 24.9. The molecule has 218 valence electrons. The molecule has 0 bridgehead atoms. The first-order chi connectivity index (χ1) is 20.9. The van der Waals surface area contributed by atoms with E-state index >= 15 is 0 Å². The van der Waals surface area contributed by atoms with E-state index in [9.17, 15) is 14.9 Å². The van der Waals surface area contributed by atoms with E-state index < -0.39 is 5.25 Å². The van der Waals surface area contributed by atoms with Crippen molar-refractivity contribution in [1.82, 2.24) is 4.98 Å². The second-order valence-electron chi connectivity index (χ2n) is 9.43. The van der Waals surface area contributed by atoms with E-state index in [1.165, 1.54) is 26.2 Å². The first-order valence-electron chi connectivity index (χ1n) is 13.5. The molecule has 1 saturated heterocycles. The monoisotopic (exact) mass is 595 g/mol. The fourth-order valence-corrected chi connectivity index (χ4v) is 6.02. The smallest absolute Gasteiger partial charge is 0.247 e. The van der Waals surface area contributed by atoms with Crippen LogP contribution in [0, 0.1) is 11.3 Å². The number of methoxy groups -OCH3 is 3. The van der Waals surface area contributed by atoms with Crippen LogP contribution < -0.4 is 23.8 Å². The maximum atomic E-state index is 13.6. The van der Waals surface area contributed by atoms with Crippen molar-refractivity contribution >= 4 is 29.3 Å². The van der Waals surface area contributed by atoms with Crippen molar-refractivity contribution in [2.75, 3.05) is 32.8 Å². The molecule has 4 aromatic rings. The van der Waals surface area contributed by atoms with Crippen LogP contribution in [0.15, 0.2) is 77.8 Å². The molecule has 0 saturated carbocycles. The van der Waals surface area contributed by atoms with Gasteiger partial charge in [-0.3, -0.25) is 9.59 Å². The summed E-state index contributed by atoms with van der Waals surface area (Å²) in [7, 11) is 4.56. The lowest BCUT2D eigenvalue weighted by molar-refractivity contribution is -0.121. The maximum absolute atomic E-state index is 13.6. The number of pyridine rings is 1. The number of hydrogen-bond acceptors (Lipinski definition) is 9. The highest BCUT2D eigenvalue weighted by atomic mass is 32.2. The molecule has 1 aliphatic rings. The molecular weight excluding hydrogens is 566 g/mol. The number of carbonyl (C=O) groups is 2. The molecule has 0 spiro atoms. The van der Waals surface area contributed by atoms with E-state index in [1.807, 2.05) is 43.3 Å². The number of nitrogens with zero attached hydrogens (tertiary/aromatic N) is 3. The lowest BCUT2D eigenvalue weighted by Gasteiger charge is -2.18. The van der Waals surface area contributed by atoms with Gasteiger partial charge in [0.25, 0.3) is 0 Å². The number of carbonyl (C=O) groups excluding carboxylic acids is 2. The summed E-state index contributed by atoms with van der Waals surface area (Å²) in [4.78, 5) is 32.6. The Morgan fingerprint density at radius 3 is 2.19 bits per heavy atom. The molecule has 1 atom stereocenters. The third kappa shape index (κ3) is 5.85. The minimum atomic E-state index is -0.766. The number of nitriles is 1. The number of rotatable bonds is 10. The Kier molecular flexibility index (Phi) is 8.83. The molecule has 0 N–H and O–H groups in total. The minimum Gasteiger partial charge on any atom is -0.494 e. The van der Waals surface area contributed by atoms with E-state index in [1.54, 1.807) is 36.4 Å². The molecule has 0 radical (unpaired) electrons. The Bertz CT molecular complexity index is 1680. The van der Waals surface area contributed by atoms with Crippen LogP contribution in [-0.4, -0.2) is 50.0 Å². The molecule has 10 heteroatoms. The van der Waals surface area contributed by atoms with Crippen molar-refractivity contribution in [3.8, 4) is 51.5 Å². The topological polar surface area (TPSA) is 111 Å². The van der Waals surface area contributed by atoms with Gasteiger partial charge in [0.2, 0.25) is 17.6 Å². The fourth-order valence-electron chi connectivity index (χ4n) is 4.90. The number of ether oxygens (including phenoxy) is 4. The van der Waals surface area contributed by atoms with Crippen LogP contribution >= 0.6 is 11.8 Å². The predicted octanol–water partition coefficient (Wildman–Crippen LogP) is 6.14. The molecule has 0 aliphatic carbocycles. The Morgan fingerprint density at radius 1 is 0.930 bits per heavy atom. The van der Waals surface area contributed by atoms with Gasteiger partial charge in [-0.25, -0.2) is 9.88 Å². The number of anilines is 1. The van der Waals surface area contributed by atoms with Crippen molar-refractivity contribution in [3.63, 3.8) is 0 Å². The van der Waals surface area contributed by atoms with E-state index in [2.05, 4.69) is 6.07 Å². The summed E-state index contributed by atoms with van der Waals surface area (Å²) in [6.07, 6.45) is -0.0294. The summed E-state index contributed by atoms with van der Waals surface area (Å²) >= 11 is 1.11. The highest BCUT2D eigenvalue weighted by Gasteiger charge is 2.41. The zero-order valence-electron chi connectivity index (χ0n) is 24.1. The van der Waals surface area contributed by atoms with E-state index in [0.717, 1.165) is 17.3 Å². The lowest BCUT2D eigenvalue weighted by Crippen LogP contribution is -2.31. The van der Waals surface area contributed by atoms with Crippen molar-refractivity contribution in [2.24, 2.45) is 0 Å². The van der Waals surface area contributed by atoms with Crippen molar-refractivity contribution < 1.29 is 28.5 Å². The fraction of sp³-hybridized carbons (Fsp3) is 0.212. The molecule has 1 fully saturated rings. The third-order valence-corrected chi connectivity index (χ3v) is 8.08. The lowest BCUT2D eigenvalue weighted by atomic mass is 9.98. The van der Waals surface area contributed by atoms with Gasteiger partial charge in [-0.2, -0.15) is 5.26 Å². The number of amides is 2. The van der Waals surface area contributed by atoms with Crippen LogP contribution in [-0.2, 0) is 9.59 Å². The van der Waals surface area contributed by atoms with Crippen LogP contribution in [0.5, 0.6) is 23.0 Å². The average molecular weight is 596 g/mol. The number of imide groups is 1. The normalized spacial score (nSPS) is 14.4. The van der Waals surface area contributed by atoms with E-state index in [-0.39, 0.29) is 23.8 Å². The molecule has 1 aliphatic heterocycles. The molecule has 9 nitrogen and oxygen atoms in total. The van der Waals surface area contributed by atoms with Crippen molar-refractivity contribution in [3.05, 3.63) is 78.4 Å². The molecule has 0 unspecified atom stereocenters. The van der Waals surface area contributed by atoms with Gasteiger partial charge < -0.3 is 18.9 Å². The van der Waals surface area contributed by atoms with Gasteiger partial charge in [-0.15, -0.1) is 0 Å². The number of aromatic nitrogens is 1. The minimum absolute atomic E-state index is 0.0294. The largest absolute Gasteiger partial charge is 0.494 e. The van der Waals surface area contributed by atoms with Crippen molar-refractivity contribution in [1.29, 1.82) is 5.26 Å². The first-order valence-corrected chi connectivity index (χ1v) is 14.4. The van der Waals surface area contributed by atoms with Gasteiger partial charge in [-0.1, -0.05) is 42.1 Å². The zero-order chi connectivity index (χ0) is 30.5. The molecule has 2 heterocycles. The Morgan fingerprint density at radius 2 is 1.60 bits per heavy atom. The third-order valence-electron chi connectivity index (χ3n) is 6.91. The number of benzene rings is 3. The summed E-state index contributed by atoms with van der Waals surface area (Å²) in [6, 6.07) is 24.0. The van der Waals surface area contributed by atoms with Gasteiger partial charge in [0.05, 0.1) is 50.1 Å². The van der Waals surface area contributed by atoms with E-state index in [0.29, 0.717) is 57.1 Å². The van der Waals surface area contributed by atoms with Crippen LogP contribution in [0.4, 0.5) is 5.69 Å². The highest BCUT2D eigenvalue weighted by Crippen LogP contribution is 2.44. The van der Waals surface area contributed by atoms with Crippen LogP contribution in [0.1, 0.15) is 18.9 Å².